The molecular weight excluding hydrogens is 398 g/mol. The van der Waals surface area contributed by atoms with E-state index in [4.69, 9.17) is 0 Å². The van der Waals surface area contributed by atoms with Gasteiger partial charge in [0.25, 0.3) is 17.7 Å². The van der Waals surface area contributed by atoms with E-state index < -0.39 is 0 Å². The molecule has 0 unspecified atom stereocenters. The lowest BCUT2D eigenvalue weighted by Crippen LogP contribution is -2.29. The third-order valence-electron chi connectivity index (χ3n) is 4.93. The smallest absolute Gasteiger partial charge is 0.261 e. The molecule has 0 fully saturated rings. The fourth-order valence-electron chi connectivity index (χ4n) is 3.27. The Balaban J connectivity index is 1.37. The highest BCUT2D eigenvalue weighted by Crippen LogP contribution is 2.24. The first-order valence-electron chi connectivity index (χ1n) is 9.70. The van der Waals surface area contributed by atoms with Crippen LogP contribution >= 0.6 is 11.3 Å². The predicted octanol–water partition coefficient (Wildman–Crippen LogP) is 3.99. The summed E-state index contributed by atoms with van der Waals surface area (Å²) < 4.78 is 0. The van der Waals surface area contributed by atoms with E-state index >= 15 is 0 Å². The fourth-order valence-corrected chi connectivity index (χ4v) is 4.10. The number of amides is 3. The lowest BCUT2D eigenvalue weighted by molar-refractivity contribution is 0.0641. The molecular formula is C23H21N3O3S. The van der Waals surface area contributed by atoms with Gasteiger partial charge in [0, 0.05) is 16.9 Å². The maximum absolute atomic E-state index is 12.5. The summed E-state index contributed by atoms with van der Waals surface area (Å²) in [5.74, 6) is -0.404. The Hall–Kier alpha value is -3.32. The van der Waals surface area contributed by atoms with Crippen molar-refractivity contribution in [3.05, 3.63) is 86.9 Å². The number of thiazole rings is 1. The monoisotopic (exact) mass is 419 g/mol. The first kappa shape index (κ1) is 20.0. The molecule has 30 heavy (non-hydrogen) atoms. The van der Waals surface area contributed by atoms with Gasteiger partial charge in [-0.15, -0.1) is 11.3 Å². The third kappa shape index (κ3) is 3.89. The maximum atomic E-state index is 12.5. The van der Waals surface area contributed by atoms with Crippen molar-refractivity contribution in [2.45, 2.75) is 32.9 Å². The SMILES string of the molecule is CC(C)c1nc(CNC(=O)c2ccc(CN3C(=O)c4ccccc4C3=O)cc2)cs1. The summed E-state index contributed by atoms with van der Waals surface area (Å²) in [6.45, 7) is 4.72. The van der Waals surface area contributed by atoms with Crippen LogP contribution in [0.4, 0.5) is 0 Å². The van der Waals surface area contributed by atoms with Crippen LogP contribution in [0.15, 0.2) is 53.9 Å². The molecule has 3 aromatic rings. The van der Waals surface area contributed by atoms with Crippen LogP contribution in [0.25, 0.3) is 0 Å². The average Bonchev–Trinajstić information content (AvgIpc) is 3.32. The van der Waals surface area contributed by atoms with Crippen molar-refractivity contribution in [3.63, 3.8) is 0 Å². The van der Waals surface area contributed by atoms with Gasteiger partial charge in [0.1, 0.15) is 0 Å². The molecule has 1 N–H and O–H groups in total. The largest absolute Gasteiger partial charge is 0.346 e. The number of nitrogens with one attached hydrogen (secondary N) is 1. The standard InChI is InChI=1S/C23H21N3O3S/c1-14(2)21-25-17(13-30-21)11-24-20(27)16-9-7-15(8-10-16)12-26-22(28)18-5-3-4-6-19(18)23(26)29/h3-10,13-14H,11-12H2,1-2H3,(H,24,27). The zero-order valence-corrected chi connectivity index (χ0v) is 17.5. The van der Waals surface area contributed by atoms with E-state index in [-0.39, 0.29) is 24.3 Å². The van der Waals surface area contributed by atoms with Gasteiger partial charge in [0.2, 0.25) is 0 Å². The highest BCUT2D eigenvalue weighted by Gasteiger charge is 2.34. The first-order valence-corrected chi connectivity index (χ1v) is 10.6. The van der Waals surface area contributed by atoms with Crippen LogP contribution in [0.5, 0.6) is 0 Å². The van der Waals surface area contributed by atoms with Gasteiger partial charge in [-0.05, 0) is 29.8 Å². The Morgan fingerprint density at radius 1 is 1.03 bits per heavy atom. The van der Waals surface area contributed by atoms with Gasteiger partial charge < -0.3 is 5.32 Å². The Morgan fingerprint density at radius 3 is 2.23 bits per heavy atom. The van der Waals surface area contributed by atoms with E-state index in [1.807, 2.05) is 5.38 Å². The normalized spacial score (nSPS) is 13.1. The number of rotatable bonds is 6. The second-order valence-corrected chi connectivity index (χ2v) is 8.34. The van der Waals surface area contributed by atoms with Crippen LogP contribution < -0.4 is 5.32 Å². The molecule has 2 aromatic carbocycles. The van der Waals surface area contributed by atoms with Crippen LogP contribution in [0, 0.1) is 0 Å². The molecule has 2 heterocycles. The van der Waals surface area contributed by atoms with Gasteiger partial charge in [-0.1, -0.05) is 38.1 Å². The maximum Gasteiger partial charge on any atom is 0.261 e. The molecule has 0 saturated heterocycles. The van der Waals surface area contributed by atoms with Crippen molar-refractivity contribution in [2.24, 2.45) is 0 Å². The minimum absolute atomic E-state index is 0.172. The topological polar surface area (TPSA) is 79.4 Å². The minimum atomic E-state index is -0.290. The van der Waals surface area contributed by atoms with Crippen LogP contribution in [-0.4, -0.2) is 27.6 Å². The number of aromatic nitrogens is 1. The van der Waals surface area contributed by atoms with Crippen molar-refractivity contribution in [3.8, 4) is 0 Å². The van der Waals surface area contributed by atoms with E-state index in [0.717, 1.165) is 16.3 Å². The van der Waals surface area contributed by atoms with Crippen molar-refractivity contribution in [1.82, 2.24) is 15.2 Å². The molecule has 7 heteroatoms. The lowest BCUT2D eigenvalue weighted by atomic mass is 10.1. The molecule has 0 bridgehead atoms. The Morgan fingerprint density at radius 2 is 1.67 bits per heavy atom. The van der Waals surface area contributed by atoms with Gasteiger partial charge >= 0.3 is 0 Å². The van der Waals surface area contributed by atoms with Gasteiger partial charge in [0.15, 0.2) is 0 Å². The molecule has 1 aliphatic heterocycles. The quantitative estimate of drug-likeness (QED) is 0.613. The van der Waals surface area contributed by atoms with Crippen molar-refractivity contribution < 1.29 is 14.4 Å². The second-order valence-electron chi connectivity index (χ2n) is 7.45. The number of nitrogens with zero attached hydrogens (tertiary/aromatic N) is 2. The number of benzene rings is 2. The number of imide groups is 1. The van der Waals surface area contributed by atoms with Gasteiger partial charge in [-0.25, -0.2) is 4.98 Å². The van der Waals surface area contributed by atoms with E-state index in [0.29, 0.717) is 29.2 Å². The second kappa shape index (κ2) is 8.20. The number of fused-ring (bicyclic) bond motifs is 1. The molecule has 6 nitrogen and oxygen atoms in total. The Kier molecular flexibility index (Phi) is 5.46. The lowest BCUT2D eigenvalue weighted by Gasteiger charge is -2.14. The van der Waals surface area contributed by atoms with E-state index in [2.05, 4.69) is 24.1 Å². The van der Waals surface area contributed by atoms with Crippen molar-refractivity contribution in [2.75, 3.05) is 0 Å². The number of carbonyl (C=O) groups excluding carboxylic acids is 3. The summed E-state index contributed by atoms with van der Waals surface area (Å²) in [4.78, 5) is 43.1. The highest BCUT2D eigenvalue weighted by molar-refractivity contribution is 7.09. The highest BCUT2D eigenvalue weighted by atomic mass is 32.1. The van der Waals surface area contributed by atoms with Gasteiger partial charge in [-0.3, -0.25) is 19.3 Å². The van der Waals surface area contributed by atoms with E-state index in [1.54, 1.807) is 59.9 Å². The van der Waals surface area contributed by atoms with Crippen molar-refractivity contribution >= 4 is 29.1 Å². The van der Waals surface area contributed by atoms with E-state index in [9.17, 15) is 14.4 Å². The van der Waals surface area contributed by atoms with Gasteiger partial charge in [-0.2, -0.15) is 0 Å². The summed E-state index contributed by atoms with van der Waals surface area (Å²) in [6, 6.07) is 13.7. The molecule has 0 radical (unpaired) electrons. The first-order chi connectivity index (χ1) is 14.4. The minimum Gasteiger partial charge on any atom is -0.346 e. The van der Waals surface area contributed by atoms with Gasteiger partial charge in [0.05, 0.1) is 34.9 Å². The fraction of sp³-hybridized carbons (Fsp3) is 0.217. The molecule has 0 saturated carbocycles. The summed E-state index contributed by atoms with van der Waals surface area (Å²) in [7, 11) is 0. The predicted molar refractivity (Wildman–Crippen MR) is 114 cm³/mol. The molecule has 152 valence electrons. The molecule has 4 rings (SSSR count). The summed E-state index contributed by atoms with van der Waals surface area (Å²) in [5, 5.41) is 5.88. The number of hydrogen-bond donors (Lipinski definition) is 1. The molecule has 1 aliphatic rings. The summed E-state index contributed by atoms with van der Waals surface area (Å²) in [5.41, 5.74) is 3.00. The third-order valence-corrected chi connectivity index (χ3v) is 6.12. The van der Waals surface area contributed by atoms with Crippen molar-refractivity contribution in [1.29, 1.82) is 0 Å². The summed E-state index contributed by atoms with van der Waals surface area (Å²) in [6.07, 6.45) is 0. The van der Waals surface area contributed by atoms with Crippen LogP contribution in [-0.2, 0) is 13.1 Å². The number of hydrogen-bond acceptors (Lipinski definition) is 5. The Labute approximate surface area is 178 Å². The molecule has 0 aliphatic carbocycles. The molecule has 3 amide bonds. The zero-order valence-electron chi connectivity index (χ0n) is 16.7. The van der Waals surface area contributed by atoms with Crippen LogP contribution in [0.3, 0.4) is 0 Å². The zero-order chi connectivity index (χ0) is 21.3. The number of carbonyl (C=O) groups is 3. The Bertz CT molecular complexity index is 1080. The average molecular weight is 420 g/mol. The van der Waals surface area contributed by atoms with Crippen LogP contribution in [0.1, 0.15) is 67.1 Å². The molecule has 0 atom stereocenters. The van der Waals surface area contributed by atoms with E-state index in [1.165, 1.54) is 4.90 Å². The summed E-state index contributed by atoms with van der Waals surface area (Å²) >= 11 is 1.60. The molecule has 1 aromatic heterocycles. The molecule has 0 spiro atoms. The van der Waals surface area contributed by atoms with Crippen LogP contribution in [0.2, 0.25) is 0 Å².